The number of para-hydroxylation sites is 2. The lowest BCUT2D eigenvalue weighted by Crippen LogP contribution is -2.31. The Bertz CT molecular complexity index is 2010. The molecular formula is C37H29F4N2O2+. The highest BCUT2D eigenvalue weighted by Crippen LogP contribution is 2.52. The highest BCUT2D eigenvalue weighted by atomic mass is 19.2. The molecule has 0 amide bonds. The first-order valence-electron chi connectivity index (χ1n) is 14.3. The van der Waals surface area contributed by atoms with Crippen LogP contribution in [0.3, 0.4) is 0 Å². The fraction of sp³-hybridized carbons (Fsp3) is 0.135. The van der Waals surface area contributed by atoms with Gasteiger partial charge in [0.2, 0.25) is 11.4 Å². The van der Waals surface area contributed by atoms with Crippen molar-refractivity contribution in [1.82, 2.24) is 0 Å². The molecule has 6 rings (SSSR count). The summed E-state index contributed by atoms with van der Waals surface area (Å²) in [5, 5.41) is 9.98. The zero-order chi connectivity index (χ0) is 32.2. The maximum Gasteiger partial charge on any atom is 0.339 e. The molecule has 226 valence electrons. The van der Waals surface area contributed by atoms with Gasteiger partial charge in [0.15, 0.2) is 23.3 Å². The first-order chi connectivity index (χ1) is 21.4. The molecule has 4 aromatic rings. The van der Waals surface area contributed by atoms with Crippen molar-refractivity contribution in [1.29, 1.82) is 0 Å². The van der Waals surface area contributed by atoms with Gasteiger partial charge in [0.05, 0.1) is 0 Å². The Morgan fingerprint density at radius 2 is 1.42 bits per heavy atom. The summed E-state index contributed by atoms with van der Waals surface area (Å²) in [6.07, 6.45) is 5.38. The maximum atomic E-state index is 15.8. The molecular weight excluding hydrogens is 580 g/mol. The molecule has 45 heavy (non-hydrogen) atoms. The van der Waals surface area contributed by atoms with Crippen LogP contribution in [0.1, 0.15) is 40.9 Å². The van der Waals surface area contributed by atoms with Gasteiger partial charge in [-0.2, -0.15) is 4.58 Å². The molecule has 2 aliphatic carbocycles. The van der Waals surface area contributed by atoms with E-state index >= 15 is 8.78 Å². The molecule has 0 fully saturated rings. The summed E-state index contributed by atoms with van der Waals surface area (Å²) in [4.78, 5) is 14.3. The monoisotopic (exact) mass is 609 g/mol. The Balaban J connectivity index is 1.69. The number of anilines is 2. The number of carboxylic acid groups (broad SMARTS) is 1. The van der Waals surface area contributed by atoms with Crippen LogP contribution in [0, 0.1) is 23.3 Å². The van der Waals surface area contributed by atoms with E-state index in [0.29, 0.717) is 22.3 Å². The Hall–Kier alpha value is -5.24. The van der Waals surface area contributed by atoms with Crippen LogP contribution in [0.5, 0.6) is 0 Å². The van der Waals surface area contributed by atoms with Gasteiger partial charge in [-0.05, 0) is 52.6 Å². The molecule has 2 aliphatic rings. The average Bonchev–Trinajstić information content (AvgIpc) is 3.05. The predicted molar refractivity (Wildman–Crippen MR) is 168 cm³/mol. The molecule has 0 aliphatic heterocycles. The summed E-state index contributed by atoms with van der Waals surface area (Å²) >= 11 is 0. The molecule has 8 heteroatoms. The van der Waals surface area contributed by atoms with Crippen molar-refractivity contribution in [3.8, 4) is 0 Å². The molecule has 0 saturated carbocycles. The summed E-state index contributed by atoms with van der Waals surface area (Å²) in [5.41, 5.74) is 2.60. The number of fused-ring (bicyclic) bond motifs is 2. The van der Waals surface area contributed by atoms with E-state index in [9.17, 15) is 18.7 Å². The van der Waals surface area contributed by atoms with Gasteiger partial charge in [-0.3, -0.25) is 0 Å². The van der Waals surface area contributed by atoms with Gasteiger partial charge in [0.25, 0.3) is 0 Å². The number of nitrogens with zero attached hydrogens (tertiary/aromatic N) is 2. The standard InChI is InChI=1S/C37H28F4N2O2/c1-37(2)27-19-23(42(3)21-11-7-5-8-12-21)15-17-25(27)29(30-31(36(44)45)33(39)35(41)34(40)32(30)38)26-18-16-24(20-28(26)37)43(4)22-13-9-6-10-14-22/h5-20H,1-4H3/p+1. The van der Waals surface area contributed by atoms with Gasteiger partial charge in [0, 0.05) is 59.3 Å². The minimum Gasteiger partial charge on any atom is -0.478 e. The molecule has 0 heterocycles. The summed E-state index contributed by atoms with van der Waals surface area (Å²) in [5.74, 6) is -9.90. The predicted octanol–water partition coefficient (Wildman–Crippen LogP) is 8.71. The molecule has 4 aromatic carbocycles. The lowest BCUT2D eigenvalue weighted by molar-refractivity contribution is -0.403. The first kappa shape index (κ1) is 29.8. The number of carbonyl (C=O) groups is 1. The average molecular weight is 610 g/mol. The quantitative estimate of drug-likeness (QED) is 0.107. The van der Waals surface area contributed by atoms with Gasteiger partial charge in [-0.1, -0.05) is 56.3 Å². The molecule has 0 saturated heterocycles. The number of halogens is 4. The fourth-order valence-electron chi connectivity index (χ4n) is 6.18. The summed E-state index contributed by atoms with van der Waals surface area (Å²) in [6, 6.07) is 24.6. The number of rotatable bonds is 5. The summed E-state index contributed by atoms with van der Waals surface area (Å²) < 4.78 is 62.2. The highest BCUT2D eigenvalue weighted by molar-refractivity contribution is 6.08. The van der Waals surface area contributed by atoms with Crippen LogP contribution >= 0.6 is 0 Å². The second kappa shape index (κ2) is 11.0. The van der Waals surface area contributed by atoms with Crippen LogP contribution in [-0.4, -0.2) is 35.5 Å². The van der Waals surface area contributed by atoms with Crippen LogP contribution in [0.15, 0.2) is 108 Å². The van der Waals surface area contributed by atoms with Crippen molar-refractivity contribution in [2.24, 2.45) is 0 Å². The van der Waals surface area contributed by atoms with Crippen molar-refractivity contribution >= 4 is 34.3 Å². The zero-order valence-corrected chi connectivity index (χ0v) is 25.0. The van der Waals surface area contributed by atoms with E-state index in [1.807, 2.05) is 110 Å². The molecule has 1 N–H and O–H groups in total. The van der Waals surface area contributed by atoms with Crippen molar-refractivity contribution in [3.05, 3.63) is 154 Å². The molecule has 0 atom stereocenters. The Kier molecular flexibility index (Phi) is 7.31. The smallest absolute Gasteiger partial charge is 0.339 e. The van der Waals surface area contributed by atoms with E-state index in [-0.39, 0.29) is 5.57 Å². The van der Waals surface area contributed by atoms with Gasteiger partial charge in [-0.15, -0.1) is 0 Å². The van der Waals surface area contributed by atoms with Gasteiger partial charge < -0.3 is 10.0 Å². The SMILES string of the molecule is CN(c1ccccc1)c1ccc2c(c1)C(C)(C)C1=CC(=[N+](C)c3ccccc3)C=CC1=C2c1c(F)c(F)c(F)c(F)c1C(=O)O. The Labute approximate surface area is 258 Å². The number of benzene rings is 4. The van der Waals surface area contributed by atoms with Crippen molar-refractivity contribution in [2.45, 2.75) is 19.3 Å². The summed E-state index contributed by atoms with van der Waals surface area (Å²) in [6.45, 7) is 3.97. The van der Waals surface area contributed by atoms with Crippen molar-refractivity contribution in [3.63, 3.8) is 0 Å². The van der Waals surface area contributed by atoms with E-state index in [4.69, 9.17) is 0 Å². The minimum atomic E-state index is -2.18. The van der Waals surface area contributed by atoms with E-state index in [1.165, 1.54) is 0 Å². The van der Waals surface area contributed by atoms with E-state index in [1.54, 1.807) is 24.3 Å². The highest BCUT2D eigenvalue weighted by Gasteiger charge is 2.42. The van der Waals surface area contributed by atoms with E-state index in [0.717, 1.165) is 22.8 Å². The van der Waals surface area contributed by atoms with Gasteiger partial charge in [-0.25, -0.2) is 22.4 Å². The van der Waals surface area contributed by atoms with Crippen LogP contribution in [0.4, 0.5) is 34.6 Å². The number of hydrogen-bond donors (Lipinski definition) is 1. The van der Waals surface area contributed by atoms with Crippen molar-refractivity contribution in [2.75, 3.05) is 19.0 Å². The number of hydrogen-bond acceptors (Lipinski definition) is 2. The third-order valence-corrected chi connectivity index (χ3v) is 8.68. The molecule has 0 spiro atoms. The Morgan fingerprint density at radius 3 is 2.07 bits per heavy atom. The van der Waals surface area contributed by atoms with Crippen molar-refractivity contribution < 1.29 is 32.0 Å². The van der Waals surface area contributed by atoms with Gasteiger partial charge >= 0.3 is 5.97 Å². The van der Waals surface area contributed by atoms with Gasteiger partial charge in [0.1, 0.15) is 12.6 Å². The molecule has 0 unspecified atom stereocenters. The lowest BCUT2D eigenvalue weighted by Gasteiger charge is -2.40. The molecule has 0 bridgehead atoms. The maximum absolute atomic E-state index is 15.8. The molecule has 0 radical (unpaired) electrons. The second-order valence-corrected chi connectivity index (χ2v) is 11.6. The fourth-order valence-corrected chi connectivity index (χ4v) is 6.18. The number of carboxylic acids is 1. The normalized spacial score (nSPS) is 16.1. The zero-order valence-electron chi connectivity index (χ0n) is 25.0. The summed E-state index contributed by atoms with van der Waals surface area (Å²) in [7, 11) is 3.79. The third-order valence-electron chi connectivity index (χ3n) is 8.68. The largest absolute Gasteiger partial charge is 0.478 e. The first-order valence-corrected chi connectivity index (χ1v) is 14.3. The minimum absolute atomic E-state index is 0.0325. The van der Waals surface area contributed by atoms with Crippen LogP contribution < -0.4 is 4.90 Å². The Morgan fingerprint density at radius 1 is 0.800 bits per heavy atom. The molecule has 4 nitrogen and oxygen atoms in total. The second-order valence-electron chi connectivity index (χ2n) is 11.6. The number of aromatic carboxylic acids is 1. The van der Waals surface area contributed by atoms with E-state index < -0.39 is 45.8 Å². The lowest BCUT2D eigenvalue weighted by atomic mass is 9.64. The molecule has 0 aromatic heterocycles. The van der Waals surface area contributed by atoms with Crippen LogP contribution in [0.2, 0.25) is 0 Å². The van der Waals surface area contributed by atoms with Crippen LogP contribution in [0.25, 0.3) is 5.57 Å². The topological polar surface area (TPSA) is 43.5 Å². The van der Waals surface area contributed by atoms with E-state index in [2.05, 4.69) is 0 Å². The number of allylic oxidation sites excluding steroid dienone is 5. The van der Waals surface area contributed by atoms with Crippen LogP contribution in [-0.2, 0) is 5.41 Å². The third kappa shape index (κ3) is 4.77.